The number of hydrogen-bond donors (Lipinski definition) is 0. The van der Waals surface area contributed by atoms with Crippen LogP contribution < -0.4 is 37.1 Å². The van der Waals surface area contributed by atoms with Gasteiger partial charge in [0.2, 0.25) is 0 Å². The monoisotopic (exact) mass is 2140 g/mol. The zero-order chi connectivity index (χ0) is 98.8. The number of hydrogen-bond acceptors (Lipinski definition) is 4. The summed E-state index contributed by atoms with van der Waals surface area (Å²) in [7, 11) is 40.1. The molecule has 0 radical (unpaired) electrons. The maximum atomic E-state index is 10.0. The van der Waals surface area contributed by atoms with Gasteiger partial charge < -0.3 is 0 Å². The SMILES string of the molecule is CC(C)(C)c1cc(C2=C3C=CC(=N3)C(c3ccc4ccc5cccc6ccc3c4c56)=c3ccc4[n]3[Sn]([Cl])([Cl])[n]3c2cc2c5c6c7c(c8c(c9cc%10[n](c97)[Sn]([Cl])([Cl])[n]7c(ccc7=c7c9c(c%11cc%12cccc%13ccc%14ccc7c%11c%14c%13%12)=CC(=C%10c7cc(C(C)(C)C)cc(C(C)(C)C)c7)N=9)=C(c7cc(C(C)(C)C)cc(C(C)(C)C)c7)C(=N6)C=5)=CC(=N8)C=4c4cc(C(C)(C)C)cc(C(C)(C)C)c4)c23)cc(C(C)(C)C)c1. The molecule has 0 fully saturated rings. The third-order valence-corrected chi connectivity index (χ3v) is 53.0. The molecule has 0 atom stereocenters. The molecule has 19 aromatic rings. The van der Waals surface area contributed by atoms with Crippen molar-refractivity contribution in [1.29, 1.82) is 0 Å². The van der Waals surface area contributed by atoms with Gasteiger partial charge in [-0.2, -0.15) is 0 Å². The molecule has 8 aliphatic heterocycles. The molecule has 0 aliphatic carbocycles. The minimum atomic E-state index is -6.16. The van der Waals surface area contributed by atoms with Crippen LogP contribution in [0, 0.1) is 10.6 Å². The van der Waals surface area contributed by atoms with E-state index in [4.69, 9.17) is 20.0 Å². The van der Waals surface area contributed by atoms with Crippen LogP contribution in [0.15, 0.2) is 256 Å². The molecule has 4 aromatic heterocycles. The van der Waals surface area contributed by atoms with Crippen LogP contribution >= 0.6 is 35.7 Å². The number of nitrogens with zero attached hydrogens (tertiary/aromatic N) is 8. The summed E-state index contributed by atoms with van der Waals surface area (Å²) in [5.41, 5.74) is 25.6. The van der Waals surface area contributed by atoms with Crippen molar-refractivity contribution in [2.24, 2.45) is 20.0 Å². The van der Waals surface area contributed by atoms with E-state index in [0.29, 0.717) is 0 Å². The number of benzene rings is 15. The molecule has 27 rings (SSSR count). The van der Waals surface area contributed by atoms with Gasteiger partial charge in [-0.05, 0) is 0 Å². The van der Waals surface area contributed by atoms with Gasteiger partial charge >= 0.3 is 859 Å². The van der Waals surface area contributed by atoms with Crippen molar-refractivity contribution in [2.75, 3.05) is 0 Å². The molecule has 8 nitrogen and oxygen atoms in total. The normalized spacial score (nSPS) is 16.5. The fraction of sp³-hybridized carbons (Fsp3) is 0.250. The van der Waals surface area contributed by atoms with Crippen LogP contribution in [0.5, 0.6) is 0 Å². The third-order valence-electron chi connectivity index (χ3n) is 32.4. The van der Waals surface area contributed by atoms with Gasteiger partial charge in [0.1, 0.15) is 0 Å². The van der Waals surface area contributed by atoms with Gasteiger partial charge in [0.05, 0.1) is 0 Å². The Kier molecular flexibility index (Phi) is 18.2. The van der Waals surface area contributed by atoms with Gasteiger partial charge in [0, 0.05) is 0 Å². The summed E-state index contributed by atoms with van der Waals surface area (Å²) in [5.74, 6) is 0. The fourth-order valence-electron chi connectivity index (χ4n) is 24.7. The first-order valence-electron chi connectivity index (χ1n) is 50.4. The van der Waals surface area contributed by atoms with Crippen molar-refractivity contribution in [3.63, 3.8) is 0 Å². The van der Waals surface area contributed by atoms with Crippen molar-refractivity contribution < 1.29 is 0 Å². The van der Waals surface area contributed by atoms with E-state index in [-0.39, 0.29) is 43.3 Å². The molecule has 700 valence electrons. The summed E-state index contributed by atoms with van der Waals surface area (Å²) >= 11 is -12.3. The van der Waals surface area contributed by atoms with Crippen molar-refractivity contribution in [3.8, 4) is 0 Å². The van der Waals surface area contributed by atoms with Crippen LogP contribution in [-0.4, -0.2) is 61.6 Å². The maximum absolute atomic E-state index is 10.0. The summed E-state index contributed by atoms with van der Waals surface area (Å²) < 4.78 is 10.1. The molecule has 0 spiro atoms. The van der Waals surface area contributed by atoms with Crippen LogP contribution in [0.4, 0.5) is 11.4 Å². The summed E-state index contributed by atoms with van der Waals surface area (Å²) in [6.45, 7) is 56.2. The Balaban J connectivity index is 0.931. The molecule has 0 amide bonds. The van der Waals surface area contributed by atoms with Gasteiger partial charge in [0.25, 0.3) is 0 Å². The van der Waals surface area contributed by atoms with E-state index in [9.17, 15) is 35.7 Å². The number of aromatic nitrogens is 4. The van der Waals surface area contributed by atoms with Gasteiger partial charge in [-0.25, -0.2) is 0 Å². The molecule has 0 saturated carbocycles. The average molecular weight is 2140 g/mol. The first-order chi connectivity index (χ1) is 66.9. The second-order valence-corrected chi connectivity index (χ2v) is 77.6. The zero-order valence-corrected chi connectivity index (χ0v) is 93.9. The van der Waals surface area contributed by atoms with Crippen molar-refractivity contribution in [3.05, 3.63) is 367 Å². The quantitative estimate of drug-likeness (QED) is 0.0936. The molecule has 8 aliphatic rings. The van der Waals surface area contributed by atoms with Gasteiger partial charge in [-0.1, -0.05) is 0 Å². The van der Waals surface area contributed by atoms with E-state index in [1.807, 2.05) is 0 Å². The Bertz CT molecular complexity index is 9960. The van der Waals surface area contributed by atoms with Crippen LogP contribution in [0.1, 0.15) is 250 Å². The van der Waals surface area contributed by atoms with E-state index in [2.05, 4.69) is 420 Å². The van der Waals surface area contributed by atoms with Crippen LogP contribution in [-0.2, 0) is 43.3 Å². The molecule has 14 heteroatoms. The van der Waals surface area contributed by atoms with Gasteiger partial charge in [-0.15, -0.1) is 0 Å². The molecular weight excluding hydrogens is 2030 g/mol. The summed E-state index contributed by atoms with van der Waals surface area (Å²) in [4.78, 5) is 26.0. The second kappa shape index (κ2) is 28.9. The standard InChI is InChI=1S/C128H112N8.4ClH.2Sn/c1-121(2,3)75-47-71(48-76(56-75)122(4,5)6)106-92-41-44-95(129-92)112(84-39-36-68-33-31-65-27-25-28-67-35-38-83(84)105(68)103(65)67)96-45-42-93(130-96)107(72-49-77(123(7,8)9)57-78(50-72)124(10,11)12)99-63-90-91-64-102-109(74-53-81(127(19,20)21)59-82(54-74)128(22,23)24)101-60-87-86-55-70-30-26-29-66-32-34-69-37-40-85(111(86)110(69)104(66)70)113(116(87)132-101)97-46-43-94(131-97)108(73-51-79(125(13,14)15)58-80(52-73)126(16,17)18)100-62-89-88-61-98(106)133-117(88)114(119(90)134-99)115(118(89)135-100)120(91)136-102;;;;;;/h25-64H,1-24H3;4*1H;;/q-4;;;;;2*+4/p-4. The van der Waals surface area contributed by atoms with Crippen LogP contribution in [0.2, 0.25) is 0 Å². The zero-order valence-electron chi connectivity index (χ0n) is 85.2. The molecule has 0 N–H and O–H groups in total. The fourth-order valence-corrected chi connectivity index (χ4v) is 46.4. The molecular formula is C128H112Cl4N8Sn2. The second-order valence-electron chi connectivity index (χ2n) is 49.9. The Hall–Kier alpha value is -11.3. The number of fused-ring (bicyclic) bond motifs is 6. The van der Waals surface area contributed by atoms with E-state index in [0.717, 1.165) is 209 Å². The summed E-state index contributed by atoms with van der Waals surface area (Å²) in [6.07, 6.45) is 11.9. The molecule has 15 aromatic carbocycles. The van der Waals surface area contributed by atoms with Gasteiger partial charge in [-0.3, -0.25) is 0 Å². The molecule has 12 heterocycles. The number of halogens is 4. The third kappa shape index (κ3) is 12.6. The average Bonchev–Trinajstić information content (AvgIpc) is 1.49. The number of allylic oxidation sites excluding steroid dienone is 3. The number of aliphatic imine (C=N–C) groups is 3. The molecule has 12 bridgehead atoms. The first kappa shape index (κ1) is 89.5. The van der Waals surface area contributed by atoms with E-state index in [1.54, 1.807) is 0 Å². The molecule has 142 heavy (non-hydrogen) atoms. The Morgan fingerprint density at radius 2 is 0.606 bits per heavy atom. The topological polar surface area (TPSA) is 69.2 Å². The van der Waals surface area contributed by atoms with Gasteiger partial charge in [0.15, 0.2) is 0 Å². The number of rotatable bonds is 5. The van der Waals surface area contributed by atoms with E-state index < -0.39 is 33.3 Å². The Morgan fingerprint density at radius 3 is 1.04 bits per heavy atom. The van der Waals surface area contributed by atoms with Crippen LogP contribution in [0.3, 0.4) is 0 Å². The van der Waals surface area contributed by atoms with Crippen molar-refractivity contribution in [2.45, 2.75) is 209 Å². The Morgan fingerprint density at radius 1 is 0.246 bits per heavy atom. The van der Waals surface area contributed by atoms with Crippen LogP contribution in [0.25, 0.3) is 154 Å². The van der Waals surface area contributed by atoms with Crippen molar-refractivity contribution in [1.82, 2.24) is 11.2 Å². The van der Waals surface area contributed by atoms with E-state index >= 15 is 0 Å². The predicted molar refractivity (Wildman–Crippen MR) is 609 cm³/mol. The molecule has 0 unspecified atom stereocenters. The van der Waals surface area contributed by atoms with Crippen molar-refractivity contribution >= 4 is 252 Å². The minimum absolute atomic E-state index is 0.306. The molecule has 0 saturated heterocycles. The Labute approximate surface area is 851 Å². The summed E-state index contributed by atoms with van der Waals surface area (Å²) in [6, 6.07) is 82.7. The summed E-state index contributed by atoms with van der Waals surface area (Å²) in [5, 5.41) is 28.3. The predicted octanol–water partition coefficient (Wildman–Crippen LogP) is 28.6. The van der Waals surface area contributed by atoms with E-state index in [1.165, 1.54) is 98.4 Å². The first-order valence-corrected chi connectivity index (χ1v) is 70.0.